The van der Waals surface area contributed by atoms with Crippen LogP contribution >= 0.6 is 0 Å². The summed E-state index contributed by atoms with van der Waals surface area (Å²) in [6.07, 6.45) is 1.09. The van der Waals surface area contributed by atoms with E-state index >= 15 is 0 Å². The van der Waals surface area contributed by atoms with Crippen LogP contribution in [0.15, 0.2) is 66.9 Å². The topological polar surface area (TPSA) is 29.5 Å². The van der Waals surface area contributed by atoms with Crippen molar-refractivity contribution in [3.63, 3.8) is 0 Å². The van der Waals surface area contributed by atoms with Crippen molar-refractivity contribution in [3.05, 3.63) is 78.1 Å². The molecule has 1 aliphatic rings. The predicted octanol–water partition coefficient (Wildman–Crippen LogP) is 3.67. The molecule has 2 aromatic carbocycles. The molecule has 1 N–H and O–H groups in total. The van der Waals surface area contributed by atoms with Crippen LogP contribution < -0.4 is 4.74 Å². The van der Waals surface area contributed by atoms with Gasteiger partial charge in [0.1, 0.15) is 11.5 Å². The summed E-state index contributed by atoms with van der Waals surface area (Å²) in [5.74, 6) is 1.35. The van der Waals surface area contributed by atoms with E-state index in [2.05, 4.69) is 18.7 Å². The average molecular weight is 266 g/mol. The number of aliphatic hydroxyl groups excluding tert-OH is 1. The van der Waals surface area contributed by atoms with Crippen LogP contribution in [0.2, 0.25) is 0 Å². The standard InChI is InChI=1S/C18H18O2/c1-13-18(15-9-5-6-10-17(15)20-13)16(19)12-11-14-7-3-2-4-8-14/h2-10,16,18-19H,1,11-12H2/t16-,18-/m1/s1. The molecule has 0 fully saturated rings. The Labute approximate surface area is 119 Å². The van der Waals surface area contributed by atoms with Gasteiger partial charge in [0.25, 0.3) is 0 Å². The minimum absolute atomic E-state index is 0.116. The molecule has 0 aromatic heterocycles. The Morgan fingerprint density at radius 2 is 1.75 bits per heavy atom. The maximum atomic E-state index is 10.5. The molecule has 0 unspecified atom stereocenters. The van der Waals surface area contributed by atoms with E-state index in [1.807, 2.05) is 42.5 Å². The molecule has 1 aliphatic heterocycles. The number of aliphatic hydroxyl groups is 1. The van der Waals surface area contributed by atoms with E-state index in [9.17, 15) is 5.11 Å². The van der Waals surface area contributed by atoms with Crippen molar-refractivity contribution in [1.29, 1.82) is 0 Å². The van der Waals surface area contributed by atoms with E-state index in [0.29, 0.717) is 12.2 Å². The SMILES string of the molecule is C=C1Oc2ccccc2[C@@H]1[C@H](O)CCc1ccccc1. The van der Waals surface area contributed by atoms with Gasteiger partial charge < -0.3 is 9.84 Å². The highest BCUT2D eigenvalue weighted by molar-refractivity contribution is 5.46. The Kier molecular flexibility index (Phi) is 3.57. The molecule has 0 spiro atoms. The molecule has 2 aromatic rings. The lowest BCUT2D eigenvalue weighted by Crippen LogP contribution is -2.19. The highest BCUT2D eigenvalue weighted by Crippen LogP contribution is 2.42. The lowest BCUT2D eigenvalue weighted by Gasteiger charge is -2.18. The third-order valence-corrected chi connectivity index (χ3v) is 3.80. The van der Waals surface area contributed by atoms with Crippen LogP contribution in [0.1, 0.15) is 23.5 Å². The third-order valence-electron chi connectivity index (χ3n) is 3.80. The number of aryl methyl sites for hydroxylation is 1. The maximum Gasteiger partial charge on any atom is 0.130 e. The molecule has 0 saturated heterocycles. The van der Waals surface area contributed by atoms with Crippen LogP contribution in [0.3, 0.4) is 0 Å². The lowest BCUT2D eigenvalue weighted by molar-refractivity contribution is 0.139. The summed E-state index contributed by atoms with van der Waals surface area (Å²) in [5, 5.41) is 10.5. The first-order valence-corrected chi connectivity index (χ1v) is 6.93. The molecule has 20 heavy (non-hydrogen) atoms. The largest absolute Gasteiger partial charge is 0.461 e. The average Bonchev–Trinajstić information content (AvgIpc) is 2.82. The van der Waals surface area contributed by atoms with E-state index in [-0.39, 0.29) is 5.92 Å². The number of rotatable bonds is 4. The molecule has 0 radical (unpaired) electrons. The van der Waals surface area contributed by atoms with E-state index in [1.165, 1.54) is 5.56 Å². The van der Waals surface area contributed by atoms with Gasteiger partial charge in [0.2, 0.25) is 0 Å². The molecule has 0 aliphatic carbocycles. The molecule has 2 nitrogen and oxygen atoms in total. The fourth-order valence-electron chi connectivity index (χ4n) is 2.76. The van der Waals surface area contributed by atoms with Gasteiger partial charge in [-0.05, 0) is 24.5 Å². The lowest BCUT2D eigenvalue weighted by atomic mass is 9.90. The summed E-state index contributed by atoms with van der Waals surface area (Å²) >= 11 is 0. The number of fused-ring (bicyclic) bond motifs is 1. The first-order chi connectivity index (χ1) is 9.75. The zero-order valence-electron chi connectivity index (χ0n) is 11.3. The summed E-state index contributed by atoms with van der Waals surface area (Å²) in [5.41, 5.74) is 2.28. The van der Waals surface area contributed by atoms with Crippen LogP contribution in [0, 0.1) is 0 Å². The summed E-state index contributed by atoms with van der Waals surface area (Å²) in [6, 6.07) is 18.0. The first-order valence-electron chi connectivity index (χ1n) is 6.93. The highest BCUT2D eigenvalue weighted by Gasteiger charge is 2.33. The molecule has 0 amide bonds. The van der Waals surface area contributed by atoms with Gasteiger partial charge in [-0.25, -0.2) is 0 Å². The minimum Gasteiger partial charge on any atom is -0.461 e. The van der Waals surface area contributed by atoms with Crippen LogP contribution in [-0.2, 0) is 6.42 Å². The number of para-hydroxylation sites is 1. The van der Waals surface area contributed by atoms with Crippen molar-refractivity contribution in [3.8, 4) is 5.75 Å². The smallest absolute Gasteiger partial charge is 0.130 e. The normalized spacial score (nSPS) is 18.4. The molecule has 3 rings (SSSR count). The van der Waals surface area contributed by atoms with Crippen LogP contribution in [0.25, 0.3) is 0 Å². The van der Waals surface area contributed by atoms with Gasteiger partial charge in [-0.2, -0.15) is 0 Å². The van der Waals surface area contributed by atoms with E-state index in [1.54, 1.807) is 0 Å². The van der Waals surface area contributed by atoms with Gasteiger partial charge in [0.15, 0.2) is 0 Å². The van der Waals surface area contributed by atoms with E-state index in [0.717, 1.165) is 17.7 Å². The molecule has 0 saturated carbocycles. The molecule has 2 atom stereocenters. The van der Waals surface area contributed by atoms with Gasteiger partial charge in [-0.15, -0.1) is 0 Å². The van der Waals surface area contributed by atoms with Crippen LogP contribution in [0.5, 0.6) is 5.75 Å². The molecular formula is C18H18O2. The van der Waals surface area contributed by atoms with Crippen molar-refractivity contribution < 1.29 is 9.84 Å². The monoisotopic (exact) mass is 266 g/mol. The summed E-state index contributed by atoms with van der Waals surface area (Å²) in [7, 11) is 0. The second kappa shape index (κ2) is 5.51. The molecular weight excluding hydrogens is 248 g/mol. The van der Waals surface area contributed by atoms with E-state index < -0.39 is 6.10 Å². The van der Waals surface area contributed by atoms with Gasteiger partial charge in [-0.3, -0.25) is 0 Å². The first kappa shape index (κ1) is 12.9. The minimum atomic E-state index is -0.466. The molecule has 102 valence electrons. The van der Waals surface area contributed by atoms with Crippen molar-refractivity contribution in [2.24, 2.45) is 0 Å². The van der Waals surface area contributed by atoms with Crippen molar-refractivity contribution in [2.75, 3.05) is 0 Å². The summed E-state index contributed by atoms with van der Waals surface area (Å²) < 4.78 is 5.64. The van der Waals surface area contributed by atoms with Gasteiger partial charge in [0, 0.05) is 5.56 Å². The fourth-order valence-corrected chi connectivity index (χ4v) is 2.76. The predicted molar refractivity (Wildman–Crippen MR) is 79.7 cm³/mol. The zero-order chi connectivity index (χ0) is 13.9. The molecule has 0 bridgehead atoms. The van der Waals surface area contributed by atoms with Crippen molar-refractivity contribution in [2.45, 2.75) is 24.9 Å². The molecule has 2 heteroatoms. The van der Waals surface area contributed by atoms with E-state index in [4.69, 9.17) is 4.74 Å². The molecule has 1 heterocycles. The number of benzene rings is 2. The maximum absolute atomic E-state index is 10.5. The van der Waals surface area contributed by atoms with Gasteiger partial charge in [-0.1, -0.05) is 55.1 Å². The second-order valence-electron chi connectivity index (χ2n) is 5.18. The number of hydrogen-bond acceptors (Lipinski definition) is 2. The van der Waals surface area contributed by atoms with Crippen molar-refractivity contribution >= 4 is 0 Å². The fraction of sp³-hybridized carbons (Fsp3) is 0.222. The highest BCUT2D eigenvalue weighted by atomic mass is 16.5. The summed E-state index contributed by atoms with van der Waals surface area (Å²) in [4.78, 5) is 0. The number of hydrogen-bond donors (Lipinski definition) is 1. The second-order valence-corrected chi connectivity index (χ2v) is 5.18. The third kappa shape index (κ3) is 2.47. The van der Waals surface area contributed by atoms with Crippen molar-refractivity contribution in [1.82, 2.24) is 0 Å². The quantitative estimate of drug-likeness (QED) is 0.915. The Hall–Kier alpha value is -2.06. The van der Waals surface area contributed by atoms with Crippen LogP contribution in [0.4, 0.5) is 0 Å². The number of ether oxygens (including phenoxy) is 1. The Morgan fingerprint density at radius 3 is 2.55 bits per heavy atom. The Bertz CT molecular complexity index is 604. The van der Waals surface area contributed by atoms with Gasteiger partial charge in [0.05, 0.1) is 12.0 Å². The Morgan fingerprint density at radius 1 is 1.05 bits per heavy atom. The summed E-state index contributed by atoms with van der Waals surface area (Å²) in [6.45, 7) is 3.94. The zero-order valence-corrected chi connectivity index (χ0v) is 11.3. The Balaban J connectivity index is 1.71. The van der Waals surface area contributed by atoms with Crippen LogP contribution in [-0.4, -0.2) is 11.2 Å². The van der Waals surface area contributed by atoms with Gasteiger partial charge >= 0.3 is 0 Å².